The maximum absolute atomic E-state index is 6.12. The van der Waals surface area contributed by atoms with Crippen LogP contribution in [-0.2, 0) is 0 Å². The van der Waals surface area contributed by atoms with Crippen LogP contribution in [0.15, 0.2) is 12.3 Å². The maximum atomic E-state index is 6.12. The van der Waals surface area contributed by atoms with Crippen molar-refractivity contribution in [1.29, 1.82) is 0 Å². The Balaban J connectivity index is 2.18. The number of hydrogen-bond donors (Lipinski definition) is 0. The number of rotatable bonds is 1. The molecule has 2 heterocycles. The normalized spacial score (nSPS) is 17.4. The van der Waals surface area contributed by atoms with Crippen LogP contribution >= 0.6 is 11.6 Å². The molecule has 16 heavy (non-hydrogen) atoms. The van der Waals surface area contributed by atoms with Gasteiger partial charge in [-0.15, -0.1) is 0 Å². The van der Waals surface area contributed by atoms with Crippen molar-refractivity contribution in [3.05, 3.63) is 23.2 Å². The Hall–Kier alpha value is -1.09. The van der Waals surface area contributed by atoms with Crippen LogP contribution in [0, 0.1) is 6.92 Å². The molecule has 4 heteroatoms. The standard InChI is InChI=1S/C12H14ClN3/c1-8-14-11(13)10-6-7-16(12(10)15-8)9-4-2-3-5-9/h6-7,9H,2-5H2,1H3. The minimum atomic E-state index is 0.569. The van der Waals surface area contributed by atoms with Gasteiger partial charge in [-0.05, 0) is 25.8 Å². The first-order valence-corrected chi connectivity index (χ1v) is 6.14. The number of halogens is 1. The van der Waals surface area contributed by atoms with Crippen molar-refractivity contribution >= 4 is 22.6 Å². The first-order chi connectivity index (χ1) is 7.75. The van der Waals surface area contributed by atoms with E-state index < -0.39 is 0 Å². The molecule has 0 aliphatic heterocycles. The van der Waals surface area contributed by atoms with Crippen LogP contribution in [0.1, 0.15) is 37.5 Å². The van der Waals surface area contributed by atoms with Gasteiger partial charge in [-0.2, -0.15) is 0 Å². The van der Waals surface area contributed by atoms with Crippen LogP contribution in [-0.4, -0.2) is 14.5 Å². The van der Waals surface area contributed by atoms with E-state index in [2.05, 4.69) is 20.7 Å². The summed E-state index contributed by atoms with van der Waals surface area (Å²) < 4.78 is 2.27. The lowest BCUT2D eigenvalue weighted by Crippen LogP contribution is -2.04. The van der Waals surface area contributed by atoms with Gasteiger partial charge in [0.15, 0.2) is 0 Å². The van der Waals surface area contributed by atoms with Gasteiger partial charge in [0.2, 0.25) is 0 Å². The molecule has 0 amide bonds. The topological polar surface area (TPSA) is 30.7 Å². The highest BCUT2D eigenvalue weighted by molar-refractivity contribution is 6.33. The predicted molar refractivity (Wildman–Crippen MR) is 64.8 cm³/mol. The molecule has 0 unspecified atom stereocenters. The summed E-state index contributed by atoms with van der Waals surface area (Å²) in [5.74, 6) is 0.746. The largest absolute Gasteiger partial charge is 0.329 e. The third kappa shape index (κ3) is 1.50. The van der Waals surface area contributed by atoms with Crippen molar-refractivity contribution in [3.63, 3.8) is 0 Å². The summed E-state index contributed by atoms with van der Waals surface area (Å²) in [4.78, 5) is 8.69. The van der Waals surface area contributed by atoms with Crippen molar-refractivity contribution in [2.75, 3.05) is 0 Å². The molecule has 1 aliphatic rings. The first-order valence-electron chi connectivity index (χ1n) is 5.76. The summed E-state index contributed by atoms with van der Waals surface area (Å²) in [6.45, 7) is 1.89. The summed E-state index contributed by atoms with van der Waals surface area (Å²) in [5.41, 5.74) is 0.990. The van der Waals surface area contributed by atoms with Gasteiger partial charge < -0.3 is 4.57 Å². The second-order valence-corrected chi connectivity index (χ2v) is 4.82. The van der Waals surface area contributed by atoms with Crippen molar-refractivity contribution in [1.82, 2.24) is 14.5 Å². The van der Waals surface area contributed by atoms with E-state index >= 15 is 0 Å². The van der Waals surface area contributed by atoms with E-state index in [0.29, 0.717) is 11.2 Å². The Morgan fingerprint density at radius 3 is 2.81 bits per heavy atom. The van der Waals surface area contributed by atoms with Crippen LogP contribution in [0.3, 0.4) is 0 Å². The number of hydrogen-bond acceptors (Lipinski definition) is 2. The zero-order chi connectivity index (χ0) is 11.1. The molecule has 0 N–H and O–H groups in total. The molecule has 2 aromatic rings. The fraction of sp³-hybridized carbons (Fsp3) is 0.500. The van der Waals surface area contributed by atoms with Gasteiger partial charge in [0.1, 0.15) is 16.6 Å². The van der Waals surface area contributed by atoms with Crippen LogP contribution in [0.2, 0.25) is 5.15 Å². The van der Waals surface area contributed by atoms with Gasteiger partial charge in [0, 0.05) is 12.2 Å². The average Bonchev–Trinajstić information content (AvgIpc) is 2.83. The second kappa shape index (κ2) is 3.74. The average molecular weight is 236 g/mol. The van der Waals surface area contributed by atoms with E-state index in [9.17, 15) is 0 Å². The lowest BCUT2D eigenvalue weighted by molar-refractivity contribution is 0.532. The molecule has 0 bridgehead atoms. The SMILES string of the molecule is Cc1nc(Cl)c2ccn(C3CCCC3)c2n1. The van der Waals surface area contributed by atoms with Crippen molar-refractivity contribution < 1.29 is 0 Å². The Labute approximate surface area is 99.5 Å². The van der Waals surface area contributed by atoms with Gasteiger partial charge in [0.25, 0.3) is 0 Å². The summed E-state index contributed by atoms with van der Waals surface area (Å²) in [5, 5.41) is 1.54. The number of aryl methyl sites for hydroxylation is 1. The van der Waals surface area contributed by atoms with Gasteiger partial charge in [-0.25, -0.2) is 9.97 Å². The highest BCUT2D eigenvalue weighted by Crippen LogP contribution is 2.33. The molecule has 84 valence electrons. The van der Waals surface area contributed by atoms with E-state index in [1.54, 1.807) is 0 Å². The molecule has 3 rings (SSSR count). The Morgan fingerprint density at radius 1 is 1.31 bits per heavy atom. The Kier molecular flexibility index (Phi) is 2.36. The molecular formula is C12H14ClN3. The third-order valence-corrected chi connectivity index (χ3v) is 3.64. The predicted octanol–water partition coefficient (Wildman–Crippen LogP) is 3.51. The number of nitrogens with zero attached hydrogens (tertiary/aromatic N) is 3. The zero-order valence-electron chi connectivity index (χ0n) is 9.28. The zero-order valence-corrected chi connectivity index (χ0v) is 10.0. The van der Waals surface area contributed by atoms with Crippen LogP contribution in [0.25, 0.3) is 11.0 Å². The quantitative estimate of drug-likeness (QED) is 0.709. The highest BCUT2D eigenvalue weighted by Gasteiger charge is 2.19. The molecule has 0 aromatic carbocycles. The van der Waals surface area contributed by atoms with Crippen LogP contribution < -0.4 is 0 Å². The van der Waals surface area contributed by atoms with E-state index in [-0.39, 0.29) is 0 Å². The van der Waals surface area contributed by atoms with Crippen molar-refractivity contribution in [2.45, 2.75) is 38.6 Å². The summed E-state index contributed by atoms with van der Waals surface area (Å²) >= 11 is 6.12. The highest BCUT2D eigenvalue weighted by atomic mass is 35.5. The van der Waals surface area contributed by atoms with E-state index in [0.717, 1.165) is 16.9 Å². The number of fused-ring (bicyclic) bond motifs is 1. The lowest BCUT2D eigenvalue weighted by Gasteiger charge is -2.12. The second-order valence-electron chi connectivity index (χ2n) is 4.46. The van der Waals surface area contributed by atoms with E-state index in [1.165, 1.54) is 25.7 Å². The lowest BCUT2D eigenvalue weighted by atomic mass is 10.2. The van der Waals surface area contributed by atoms with Crippen LogP contribution in [0.4, 0.5) is 0 Å². The summed E-state index contributed by atoms with van der Waals surface area (Å²) in [7, 11) is 0. The minimum Gasteiger partial charge on any atom is -0.329 e. The van der Waals surface area contributed by atoms with Gasteiger partial charge in [0.05, 0.1) is 5.39 Å². The molecule has 3 nitrogen and oxygen atoms in total. The monoisotopic (exact) mass is 235 g/mol. The fourth-order valence-corrected chi connectivity index (χ4v) is 2.85. The van der Waals surface area contributed by atoms with Crippen LogP contribution in [0.5, 0.6) is 0 Å². The summed E-state index contributed by atoms with van der Waals surface area (Å²) in [6.07, 6.45) is 7.25. The third-order valence-electron chi connectivity index (χ3n) is 3.36. The molecule has 1 saturated carbocycles. The smallest absolute Gasteiger partial charge is 0.145 e. The molecule has 1 aliphatic carbocycles. The molecule has 2 aromatic heterocycles. The van der Waals surface area contributed by atoms with Gasteiger partial charge in [-0.1, -0.05) is 24.4 Å². The van der Waals surface area contributed by atoms with Crippen molar-refractivity contribution in [2.24, 2.45) is 0 Å². The van der Waals surface area contributed by atoms with Crippen molar-refractivity contribution in [3.8, 4) is 0 Å². The Morgan fingerprint density at radius 2 is 2.06 bits per heavy atom. The molecule has 0 spiro atoms. The molecular weight excluding hydrogens is 222 g/mol. The van der Waals surface area contributed by atoms with Gasteiger partial charge >= 0.3 is 0 Å². The van der Waals surface area contributed by atoms with Gasteiger partial charge in [-0.3, -0.25) is 0 Å². The maximum Gasteiger partial charge on any atom is 0.145 e. The first kappa shape index (κ1) is 10.1. The molecule has 0 radical (unpaired) electrons. The minimum absolute atomic E-state index is 0.569. The molecule has 0 atom stereocenters. The fourth-order valence-electron chi connectivity index (χ4n) is 2.58. The van der Waals surface area contributed by atoms with E-state index in [1.807, 2.05) is 13.0 Å². The molecule has 1 fully saturated rings. The Bertz CT molecular complexity index is 526. The summed E-state index contributed by atoms with van der Waals surface area (Å²) in [6, 6.07) is 2.62. The number of aromatic nitrogens is 3. The van der Waals surface area contributed by atoms with E-state index in [4.69, 9.17) is 11.6 Å². The molecule has 0 saturated heterocycles.